The van der Waals surface area contributed by atoms with E-state index in [-0.39, 0.29) is 70.4 Å². The molecular formula is C14H8N2Na2O5. The van der Waals surface area contributed by atoms with Crippen LogP contribution in [-0.4, -0.2) is 17.0 Å². The third kappa shape index (κ3) is 6.06. The van der Waals surface area contributed by atoms with Gasteiger partial charge in [-0.25, -0.2) is 4.79 Å². The number of hydrogen-bond donors (Lipinski definition) is 1. The van der Waals surface area contributed by atoms with Crippen LogP contribution in [-0.2, 0) is 0 Å². The maximum absolute atomic E-state index is 11.3. The summed E-state index contributed by atoms with van der Waals surface area (Å²) in [4.78, 5) is 21.4. The van der Waals surface area contributed by atoms with E-state index in [9.17, 15) is 19.8 Å². The molecule has 1 N–H and O–H groups in total. The Bertz CT molecular complexity index is 732. The molecule has 2 rings (SSSR count). The Balaban J connectivity index is 0.00000242. The van der Waals surface area contributed by atoms with E-state index < -0.39 is 23.3 Å². The van der Waals surface area contributed by atoms with Gasteiger partial charge in [-0.3, -0.25) is 0 Å². The van der Waals surface area contributed by atoms with Gasteiger partial charge in [0.05, 0.1) is 22.9 Å². The molecule has 2 aromatic rings. The Morgan fingerprint density at radius 3 is 1.96 bits per heavy atom. The van der Waals surface area contributed by atoms with Crippen molar-refractivity contribution in [2.45, 2.75) is 0 Å². The van der Waals surface area contributed by atoms with Crippen LogP contribution in [0.1, 0.15) is 20.7 Å². The second kappa shape index (κ2) is 9.82. The first-order valence-corrected chi connectivity index (χ1v) is 5.75. The predicted octanol–water partition coefficient (Wildman–Crippen LogP) is -4.75. The second-order valence-electron chi connectivity index (χ2n) is 4.02. The van der Waals surface area contributed by atoms with Crippen molar-refractivity contribution in [3.63, 3.8) is 0 Å². The minimum atomic E-state index is -1.34. The van der Waals surface area contributed by atoms with Gasteiger partial charge in [-0.05, 0) is 29.8 Å². The van der Waals surface area contributed by atoms with Crippen LogP contribution in [0.4, 0.5) is 11.4 Å². The van der Waals surface area contributed by atoms with E-state index >= 15 is 0 Å². The smallest absolute Gasteiger partial charge is 0.872 e. The average Bonchev–Trinajstić information content (AvgIpc) is 2.46. The summed E-state index contributed by atoms with van der Waals surface area (Å²) in [7, 11) is 0. The number of nitrogens with zero attached hydrogens (tertiary/aromatic N) is 2. The van der Waals surface area contributed by atoms with E-state index in [0.717, 1.165) is 12.1 Å². The second-order valence-corrected chi connectivity index (χ2v) is 4.02. The van der Waals surface area contributed by atoms with E-state index in [1.165, 1.54) is 30.3 Å². The predicted molar refractivity (Wildman–Crippen MR) is 67.8 cm³/mol. The van der Waals surface area contributed by atoms with Gasteiger partial charge in [0.15, 0.2) is 0 Å². The van der Waals surface area contributed by atoms with E-state index in [2.05, 4.69) is 10.2 Å². The summed E-state index contributed by atoms with van der Waals surface area (Å²) in [5, 5.41) is 38.3. The molecule has 0 saturated heterocycles. The number of carbonyl (C=O) groups is 2. The van der Waals surface area contributed by atoms with Gasteiger partial charge >= 0.3 is 65.1 Å². The summed E-state index contributed by atoms with van der Waals surface area (Å²) in [6.45, 7) is 0. The monoisotopic (exact) mass is 330 g/mol. The van der Waals surface area contributed by atoms with Crippen LogP contribution in [0.15, 0.2) is 52.7 Å². The van der Waals surface area contributed by atoms with Gasteiger partial charge in [-0.2, -0.15) is 10.2 Å². The minimum Gasteiger partial charge on any atom is -0.872 e. The summed E-state index contributed by atoms with van der Waals surface area (Å²) in [5.41, 5.74) is 0.204. The molecule has 0 heterocycles. The summed E-state index contributed by atoms with van der Waals surface area (Å²) in [6, 6.07) is 9.03. The Morgan fingerprint density at radius 1 is 0.913 bits per heavy atom. The fourth-order valence-corrected chi connectivity index (χ4v) is 1.53. The molecule has 0 aliphatic carbocycles. The van der Waals surface area contributed by atoms with Crippen LogP contribution >= 0.6 is 0 Å². The number of azo groups is 1. The molecule has 0 radical (unpaired) electrons. The standard InChI is InChI=1S/C14H10N2O5.2Na/c17-12-6-5-10(7-11(12)14(20)21)16-15-9-3-1-8(2-4-9)13(18)19;;/h1-7,17H,(H,18,19)(H,20,21);;/q;2*+1/p-2. The molecule has 23 heavy (non-hydrogen) atoms. The summed E-state index contributed by atoms with van der Waals surface area (Å²) >= 11 is 0. The van der Waals surface area contributed by atoms with E-state index in [4.69, 9.17) is 5.11 Å². The summed E-state index contributed by atoms with van der Waals surface area (Å²) in [5.74, 6) is -3.24. The van der Waals surface area contributed by atoms with Gasteiger partial charge < -0.3 is 20.1 Å². The summed E-state index contributed by atoms with van der Waals surface area (Å²) < 4.78 is 0. The van der Waals surface area contributed by atoms with Crippen LogP contribution in [0.2, 0.25) is 0 Å². The topological polar surface area (TPSA) is 125 Å². The van der Waals surface area contributed by atoms with Crippen LogP contribution in [0.3, 0.4) is 0 Å². The molecule has 0 aliphatic rings. The molecule has 2 aromatic carbocycles. The van der Waals surface area contributed by atoms with E-state index in [1.807, 2.05) is 0 Å². The van der Waals surface area contributed by atoms with Crippen molar-refractivity contribution in [2.24, 2.45) is 10.2 Å². The zero-order chi connectivity index (χ0) is 15.4. The largest absolute Gasteiger partial charge is 1.00 e. The molecular weight excluding hydrogens is 322 g/mol. The molecule has 0 spiro atoms. The zero-order valence-electron chi connectivity index (χ0n) is 12.5. The number of carbonyl (C=O) groups excluding carboxylic acids is 1. The molecule has 0 aromatic heterocycles. The Hall–Kier alpha value is -1.22. The van der Waals surface area contributed by atoms with Gasteiger partial charge in [-0.1, -0.05) is 23.9 Å². The number of hydrogen-bond acceptors (Lipinski definition) is 6. The third-order valence-electron chi connectivity index (χ3n) is 2.58. The molecule has 0 atom stereocenters. The van der Waals surface area contributed by atoms with Gasteiger partial charge in [0, 0.05) is 0 Å². The van der Waals surface area contributed by atoms with Crippen molar-refractivity contribution in [2.75, 3.05) is 0 Å². The first-order valence-electron chi connectivity index (χ1n) is 5.75. The molecule has 0 bridgehead atoms. The molecule has 0 unspecified atom stereocenters. The first-order chi connectivity index (χ1) is 9.97. The molecule has 106 valence electrons. The number of aromatic carboxylic acids is 2. The van der Waals surface area contributed by atoms with Gasteiger partial charge in [0.1, 0.15) is 0 Å². The third-order valence-corrected chi connectivity index (χ3v) is 2.58. The number of benzene rings is 2. The molecule has 0 fully saturated rings. The van der Waals surface area contributed by atoms with Crippen LogP contribution in [0.5, 0.6) is 5.75 Å². The van der Waals surface area contributed by atoms with Crippen LogP contribution in [0.25, 0.3) is 0 Å². The Labute approximate surface area is 175 Å². The Kier molecular flexibility index (Phi) is 9.29. The Morgan fingerprint density at radius 2 is 1.43 bits per heavy atom. The van der Waals surface area contributed by atoms with Gasteiger partial charge in [-0.15, -0.1) is 0 Å². The number of carboxylic acids is 2. The molecule has 0 aliphatic heterocycles. The molecule has 0 saturated carbocycles. The number of carboxylic acid groups (broad SMARTS) is 2. The van der Waals surface area contributed by atoms with Crippen molar-refractivity contribution >= 4 is 23.3 Å². The quantitative estimate of drug-likeness (QED) is 0.445. The van der Waals surface area contributed by atoms with E-state index in [0.29, 0.717) is 5.69 Å². The fraction of sp³-hybridized carbons (Fsp3) is 0. The van der Waals surface area contributed by atoms with Crippen LogP contribution in [0, 0.1) is 0 Å². The normalized spacial score (nSPS) is 9.74. The van der Waals surface area contributed by atoms with Crippen LogP contribution < -0.4 is 69.3 Å². The maximum atomic E-state index is 11.3. The van der Waals surface area contributed by atoms with Crippen molar-refractivity contribution in [1.82, 2.24) is 0 Å². The zero-order valence-corrected chi connectivity index (χ0v) is 16.5. The molecule has 0 amide bonds. The van der Waals surface area contributed by atoms with Crippen molar-refractivity contribution in [1.29, 1.82) is 0 Å². The van der Waals surface area contributed by atoms with Crippen molar-refractivity contribution < 1.29 is 84.0 Å². The summed E-state index contributed by atoms with van der Waals surface area (Å²) in [6.07, 6.45) is 0. The maximum Gasteiger partial charge on any atom is 1.00 e. The number of rotatable bonds is 4. The van der Waals surface area contributed by atoms with Gasteiger partial charge in [0.25, 0.3) is 0 Å². The SMILES string of the molecule is O=C([O-])c1ccc(N=Nc2ccc([O-])c(C(=O)O)c2)cc1.[Na+].[Na+]. The van der Waals surface area contributed by atoms with Gasteiger partial charge in [0.2, 0.25) is 0 Å². The molecule has 9 heteroatoms. The fourth-order valence-electron chi connectivity index (χ4n) is 1.53. The minimum absolute atomic E-state index is 0. The van der Waals surface area contributed by atoms with E-state index in [1.54, 1.807) is 0 Å². The first kappa shape index (κ1) is 21.8. The molecule has 7 nitrogen and oxygen atoms in total. The average molecular weight is 330 g/mol. The van der Waals surface area contributed by atoms with Crippen molar-refractivity contribution in [3.8, 4) is 5.75 Å². The van der Waals surface area contributed by atoms with Crippen molar-refractivity contribution in [3.05, 3.63) is 53.6 Å².